The lowest BCUT2D eigenvalue weighted by Crippen LogP contribution is -2.07. The largest absolute Gasteiger partial charge is 0.480 e. The van der Waals surface area contributed by atoms with E-state index in [1.54, 1.807) is 24.4 Å². The molecule has 90 valence electrons. The van der Waals surface area contributed by atoms with Gasteiger partial charge in [0.25, 0.3) is 0 Å². The zero-order chi connectivity index (χ0) is 12.6. The second kappa shape index (κ2) is 3.85. The van der Waals surface area contributed by atoms with Crippen molar-refractivity contribution < 1.29 is 8.95 Å². The third-order valence-corrected chi connectivity index (χ3v) is 3.39. The molecule has 1 atom stereocenters. The van der Waals surface area contributed by atoms with Crippen molar-refractivity contribution in [3.63, 3.8) is 0 Å². The first-order chi connectivity index (χ1) is 7.93. The smallest absolute Gasteiger partial charge is 0.232 e. The number of nitrogens with zero attached hydrogens (tertiary/aromatic N) is 2. The van der Waals surface area contributed by atoms with E-state index in [-0.39, 0.29) is 5.90 Å². The maximum absolute atomic E-state index is 11.7. The number of pyridine rings is 1. The van der Waals surface area contributed by atoms with Gasteiger partial charge in [0.05, 0.1) is 18.1 Å². The van der Waals surface area contributed by atoms with Crippen LogP contribution in [-0.4, -0.2) is 32.4 Å². The van der Waals surface area contributed by atoms with E-state index in [1.165, 1.54) is 17.3 Å². The Hall–Kier alpha value is -1.89. The molecule has 17 heavy (non-hydrogen) atoms. The van der Waals surface area contributed by atoms with E-state index >= 15 is 0 Å². The third-order valence-electron chi connectivity index (χ3n) is 2.32. The number of rotatable bonds is 2. The highest BCUT2D eigenvalue weighted by Crippen LogP contribution is 2.16. The van der Waals surface area contributed by atoms with Gasteiger partial charge in [-0.2, -0.15) is 0 Å². The predicted octanol–water partition coefficient (Wildman–Crippen LogP) is 1.45. The molecule has 2 heterocycles. The molecular weight excluding hydrogens is 240 g/mol. The van der Waals surface area contributed by atoms with E-state index in [4.69, 9.17) is 14.9 Å². The van der Waals surface area contributed by atoms with Gasteiger partial charge < -0.3 is 4.74 Å². The van der Waals surface area contributed by atoms with Crippen LogP contribution in [0.3, 0.4) is 0 Å². The summed E-state index contributed by atoms with van der Waals surface area (Å²) in [6.45, 7) is 0. The lowest BCUT2D eigenvalue weighted by Gasteiger charge is -2.05. The van der Waals surface area contributed by atoms with E-state index in [0.717, 1.165) is 0 Å². The monoisotopic (exact) mass is 252 g/mol. The Kier molecular flexibility index (Phi) is 2.62. The van der Waals surface area contributed by atoms with Crippen molar-refractivity contribution >= 4 is 26.8 Å². The number of hydrogen-bond donors (Lipinski definition) is 2. The molecule has 0 amide bonds. The average Bonchev–Trinajstić information content (AvgIpc) is 2.70. The molecule has 0 saturated carbocycles. The van der Waals surface area contributed by atoms with Gasteiger partial charge in [-0.3, -0.25) is 9.38 Å². The fourth-order valence-electron chi connectivity index (χ4n) is 1.53. The first-order valence-electron chi connectivity index (χ1n) is 4.79. The second-order valence-corrected chi connectivity index (χ2v) is 5.58. The zero-order valence-corrected chi connectivity index (χ0v) is 10.2. The lowest BCUT2D eigenvalue weighted by atomic mass is 10.3. The fraction of sp³-hybridized carbons (Fsp3) is 0.200. The molecule has 2 aromatic heterocycles. The highest BCUT2D eigenvalue weighted by molar-refractivity contribution is 7.90. The van der Waals surface area contributed by atoms with Crippen LogP contribution in [0, 0.1) is 10.2 Å². The van der Waals surface area contributed by atoms with Crippen LogP contribution >= 0.6 is 0 Å². The average molecular weight is 252 g/mol. The molecule has 0 aliphatic heterocycles. The number of hydrogen-bond acceptors (Lipinski definition) is 5. The number of nitrogens with one attached hydrogen (secondary N) is 2. The summed E-state index contributed by atoms with van der Waals surface area (Å²) >= 11 is 0. The van der Waals surface area contributed by atoms with E-state index in [0.29, 0.717) is 16.7 Å². The zero-order valence-electron chi connectivity index (χ0n) is 9.43. The van der Waals surface area contributed by atoms with E-state index in [1.807, 2.05) is 0 Å². The quantitative estimate of drug-likeness (QED) is 0.626. The SMILES string of the molecule is COC(=N)c1ccc2c(ccn2S(C)(=N)=O)n1. The Bertz CT molecular complexity index is 687. The maximum atomic E-state index is 11.7. The fourth-order valence-corrected chi connectivity index (χ4v) is 2.35. The molecule has 0 aliphatic rings. The molecule has 6 nitrogen and oxygen atoms in total. The lowest BCUT2D eigenvalue weighted by molar-refractivity contribution is 0.400. The van der Waals surface area contributed by atoms with Gasteiger partial charge in [0.15, 0.2) is 0 Å². The van der Waals surface area contributed by atoms with Crippen molar-refractivity contribution in [3.05, 3.63) is 30.1 Å². The molecule has 0 fully saturated rings. The number of methoxy groups -OCH3 is 1. The molecule has 2 rings (SSSR count). The first-order valence-corrected chi connectivity index (χ1v) is 6.71. The molecule has 0 radical (unpaired) electrons. The molecular formula is C10H12N4O2S. The summed E-state index contributed by atoms with van der Waals surface area (Å²) in [6.07, 6.45) is 2.91. The predicted molar refractivity (Wildman–Crippen MR) is 65.8 cm³/mol. The van der Waals surface area contributed by atoms with Crippen molar-refractivity contribution in [2.24, 2.45) is 0 Å². The van der Waals surface area contributed by atoms with Gasteiger partial charge in [-0.1, -0.05) is 0 Å². The second-order valence-electron chi connectivity index (χ2n) is 3.58. The molecule has 0 spiro atoms. The van der Waals surface area contributed by atoms with Crippen molar-refractivity contribution in [2.45, 2.75) is 0 Å². The minimum Gasteiger partial charge on any atom is -0.480 e. The molecule has 2 N–H and O–H groups in total. The Balaban J connectivity index is 2.64. The summed E-state index contributed by atoms with van der Waals surface area (Å²) in [5.74, 6) is -0.0252. The summed E-state index contributed by atoms with van der Waals surface area (Å²) in [6, 6.07) is 4.96. The van der Waals surface area contributed by atoms with Gasteiger partial charge >= 0.3 is 0 Å². The number of aromatic nitrogens is 2. The summed E-state index contributed by atoms with van der Waals surface area (Å²) < 4.78 is 25.4. The minimum absolute atomic E-state index is 0.0252. The topological polar surface area (TPSA) is 91.8 Å². The van der Waals surface area contributed by atoms with Crippen molar-refractivity contribution in [1.82, 2.24) is 8.96 Å². The molecule has 1 unspecified atom stereocenters. The Morgan fingerprint density at radius 1 is 1.47 bits per heavy atom. The molecule has 0 aliphatic carbocycles. The highest BCUT2D eigenvalue weighted by Gasteiger charge is 2.10. The molecule has 0 bridgehead atoms. The van der Waals surface area contributed by atoms with Crippen LogP contribution in [0.25, 0.3) is 11.0 Å². The summed E-state index contributed by atoms with van der Waals surface area (Å²) in [7, 11) is -1.43. The Morgan fingerprint density at radius 2 is 2.18 bits per heavy atom. The van der Waals surface area contributed by atoms with Gasteiger partial charge in [-0.05, 0) is 18.2 Å². The van der Waals surface area contributed by atoms with Gasteiger partial charge in [0.1, 0.15) is 15.6 Å². The van der Waals surface area contributed by atoms with Crippen LogP contribution in [0.1, 0.15) is 5.69 Å². The van der Waals surface area contributed by atoms with E-state index in [2.05, 4.69) is 4.98 Å². The Labute approximate surface area is 98.8 Å². The summed E-state index contributed by atoms with van der Waals surface area (Å²) in [5.41, 5.74) is 1.61. The van der Waals surface area contributed by atoms with Crippen LogP contribution in [0.2, 0.25) is 0 Å². The summed E-state index contributed by atoms with van der Waals surface area (Å²) in [4.78, 5) is 4.20. The van der Waals surface area contributed by atoms with Crippen LogP contribution < -0.4 is 0 Å². The molecule has 2 aromatic rings. The van der Waals surface area contributed by atoms with Crippen LogP contribution in [0.5, 0.6) is 0 Å². The van der Waals surface area contributed by atoms with E-state index in [9.17, 15) is 4.21 Å². The van der Waals surface area contributed by atoms with E-state index < -0.39 is 9.92 Å². The normalized spacial score (nSPS) is 14.5. The Morgan fingerprint density at radius 3 is 2.76 bits per heavy atom. The minimum atomic E-state index is -2.83. The van der Waals surface area contributed by atoms with Crippen LogP contribution in [0.4, 0.5) is 0 Å². The van der Waals surface area contributed by atoms with Crippen molar-refractivity contribution in [2.75, 3.05) is 13.4 Å². The first kappa shape index (κ1) is 11.6. The number of ether oxygens (including phenoxy) is 1. The third kappa shape index (κ3) is 2.01. The summed E-state index contributed by atoms with van der Waals surface area (Å²) in [5, 5.41) is 7.50. The number of fused-ring (bicyclic) bond motifs is 1. The van der Waals surface area contributed by atoms with Gasteiger partial charge in [0.2, 0.25) is 5.90 Å². The van der Waals surface area contributed by atoms with Crippen LogP contribution in [-0.2, 0) is 14.7 Å². The van der Waals surface area contributed by atoms with Crippen molar-refractivity contribution in [1.29, 1.82) is 10.2 Å². The van der Waals surface area contributed by atoms with Gasteiger partial charge in [-0.25, -0.2) is 14.0 Å². The highest BCUT2D eigenvalue weighted by atomic mass is 32.2. The molecule has 7 heteroatoms. The molecule has 0 saturated heterocycles. The van der Waals surface area contributed by atoms with Gasteiger partial charge in [-0.15, -0.1) is 0 Å². The van der Waals surface area contributed by atoms with Gasteiger partial charge in [0, 0.05) is 12.5 Å². The van der Waals surface area contributed by atoms with Crippen LogP contribution in [0.15, 0.2) is 24.4 Å². The van der Waals surface area contributed by atoms with Crippen molar-refractivity contribution in [3.8, 4) is 0 Å². The standard InChI is InChI=1S/C10H12N4O2S/c1-16-10(11)8-3-4-9-7(13-8)5-6-14(9)17(2,12)15/h3-6,11-12H,1-2H3. The maximum Gasteiger partial charge on any atom is 0.232 e. The molecule has 0 aromatic carbocycles.